The third kappa shape index (κ3) is 4.80. The van der Waals surface area contributed by atoms with Crippen molar-refractivity contribution in [1.82, 2.24) is 5.32 Å². The van der Waals surface area contributed by atoms with E-state index in [9.17, 15) is 17.6 Å². The first-order valence-corrected chi connectivity index (χ1v) is 8.11. The molecule has 0 aliphatic carbocycles. The molecular formula is C13H19FN2O3S. The fourth-order valence-corrected chi connectivity index (χ4v) is 2.42. The van der Waals surface area contributed by atoms with Crippen LogP contribution in [0.3, 0.4) is 0 Å². The zero-order valence-electron chi connectivity index (χ0n) is 11.8. The van der Waals surface area contributed by atoms with Crippen molar-refractivity contribution in [2.24, 2.45) is 0 Å². The quantitative estimate of drug-likeness (QED) is 0.866. The Labute approximate surface area is 118 Å². The van der Waals surface area contributed by atoms with E-state index in [2.05, 4.69) is 5.32 Å². The van der Waals surface area contributed by atoms with E-state index < -0.39 is 21.7 Å². The van der Waals surface area contributed by atoms with Gasteiger partial charge in [-0.05, 0) is 37.6 Å². The van der Waals surface area contributed by atoms with Crippen molar-refractivity contribution in [2.45, 2.75) is 26.3 Å². The van der Waals surface area contributed by atoms with E-state index in [0.29, 0.717) is 0 Å². The zero-order chi connectivity index (χ0) is 15.3. The number of sulfonamides is 1. The van der Waals surface area contributed by atoms with Crippen LogP contribution in [0.4, 0.5) is 10.1 Å². The fraction of sp³-hybridized carbons (Fsp3) is 0.462. The van der Waals surface area contributed by atoms with Gasteiger partial charge < -0.3 is 5.32 Å². The van der Waals surface area contributed by atoms with E-state index in [4.69, 9.17) is 0 Å². The lowest BCUT2D eigenvalue weighted by molar-refractivity contribution is -0.120. The number of amides is 1. The molecular weight excluding hydrogens is 283 g/mol. The molecule has 0 radical (unpaired) electrons. The molecule has 112 valence electrons. The molecule has 1 atom stereocenters. The van der Waals surface area contributed by atoms with Crippen LogP contribution in [0.2, 0.25) is 0 Å². The van der Waals surface area contributed by atoms with Gasteiger partial charge in [0.2, 0.25) is 15.9 Å². The minimum absolute atomic E-state index is 0.0304. The number of hydrogen-bond donors (Lipinski definition) is 1. The number of carbonyl (C=O) groups excluding carboxylic acids is 1. The van der Waals surface area contributed by atoms with Crippen LogP contribution < -0.4 is 9.62 Å². The number of halogens is 1. The van der Waals surface area contributed by atoms with Crippen LogP contribution in [0.25, 0.3) is 0 Å². The molecule has 0 aromatic heterocycles. The summed E-state index contributed by atoms with van der Waals surface area (Å²) < 4.78 is 37.3. The number of hydrogen-bond acceptors (Lipinski definition) is 3. The molecule has 0 bridgehead atoms. The summed E-state index contributed by atoms with van der Waals surface area (Å²) in [5.74, 6) is -0.861. The number of carbonyl (C=O) groups is 1. The highest BCUT2D eigenvalue weighted by Crippen LogP contribution is 2.17. The second-order valence-corrected chi connectivity index (χ2v) is 6.53. The Bertz CT molecular complexity index is 557. The topological polar surface area (TPSA) is 66.5 Å². The monoisotopic (exact) mass is 302 g/mol. The van der Waals surface area contributed by atoms with Crippen LogP contribution in [0.15, 0.2) is 24.3 Å². The second-order valence-electron chi connectivity index (χ2n) is 4.62. The predicted molar refractivity (Wildman–Crippen MR) is 76.5 cm³/mol. The Balaban J connectivity index is 2.92. The van der Waals surface area contributed by atoms with Gasteiger partial charge in [-0.25, -0.2) is 12.8 Å². The minimum Gasteiger partial charge on any atom is -0.352 e. The van der Waals surface area contributed by atoms with Gasteiger partial charge in [0, 0.05) is 6.04 Å². The Hall–Kier alpha value is -1.63. The van der Waals surface area contributed by atoms with Crippen LogP contribution in [-0.4, -0.2) is 33.2 Å². The maximum atomic E-state index is 12.9. The molecule has 0 spiro atoms. The molecule has 0 fully saturated rings. The van der Waals surface area contributed by atoms with Gasteiger partial charge in [-0.2, -0.15) is 0 Å². The minimum atomic E-state index is -3.62. The zero-order valence-corrected chi connectivity index (χ0v) is 12.6. The lowest BCUT2D eigenvalue weighted by atomic mass is 10.2. The molecule has 1 amide bonds. The van der Waals surface area contributed by atoms with Crippen LogP contribution >= 0.6 is 0 Å². The molecule has 1 aromatic carbocycles. The van der Waals surface area contributed by atoms with Crippen molar-refractivity contribution in [3.05, 3.63) is 30.1 Å². The molecule has 0 saturated heterocycles. The van der Waals surface area contributed by atoms with Gasteiger partial charge in [0.1, 0.15) is 12.4 Å². The first kappa shape index (κ1) is 16.4. The first-order chi connectivity index (χ1) is 9.24. The summed E-state index contributed by atoms with van der Waals surface area (Å²) in [6, 6.07) is 4.93. The van der Waals surface area contributed by atoms with Crippen LogP contribution in [0.1, 0.15) is 20.3 Å². The number of benzene rings is 1. The summed E-state index contributed by atoms with van der Waals surface area (Å²) in [5.41, 5.74) is 0.258. The van der Waals surface area contributed by atoms with E-state index in [0.717, 1.165) is 29.1 Å². The summed E-state index contributed by atoms with van der Waals surface area (Å²) in [4.78, 5) is 11.8. The maximum absolute atomic E-state index is 12.9. The summed E-state index contributed by atoms with van der Waals surface area (Å²) in [7, 11) is -3.62. The highest BCUT2D eigenvalue weighted by Gasteiger charge is 2.21. The number of rotatable bonds is 6. The van der Waals surface area contributed by atoms with E-state index >= 15 is 0 Å². The molecule has 20 heavy (non-hydrogen) atoms. The van der Waals surface area contributed by atoms with E-state index in [-0.39, 0.29) is 18.3 Å². The maximum Gasteiger partial charge on any atom is 0.240 e. The van der Waals surface area contributed by atoms with Gasteiger partial charge >= 0.3 is 0 Å². The van der Waals surface area contributed by atoms with Crippen LogP contribution in [-0.2, 0) is 14.8 Å². The molecule has 1 unspecified atom stereocenters. The van der Waals surface area contributed by atoms with Crippen molar-refractivity contribution >= 4 is 21.6 Å². The highest BCUT2D eigenvalue weighted by atomic mass is 32.2. The first-order valence-electron chi connectivity index (χ1n) is 6.26. The van der Waals surface area contributed by atoms with E-state index in [1.807, 2.05) is 13.8 Å². The third-order valence-corrected chi connectivity index (χ3v) is 3.96. The Morgan fingerprint density at radius 2 is 1.90 bits per heavy atom. The van der Waals surface area contributed by atoms with Crippen molar-refractivity contribution < 1.29 is 17.6 Å². The van der Waals surface area contributed by atoms with E-state index in [1.165, 1.54) is 12.1 Å². The van der Waals surface area contributed by atoms with Crippen molar-refractivity contribution in [1.29, 1.82) is 0 Å². The normalized spacial score (nSPS) is 12.8. The molecule has 5 nitrogen and oxygen atoms in total. The molecule has 1 rings (SSSR count). The summed E-state index contributed by atoms with van der Waals surface area (Å²) in [5, 5.41) is 2.69. The number of nitrogens with zero attached hydrogens (tertiary/aromatic N) is 1. The Morgan fingerprint density at radius 3 is 2.35 bits per heavy atom. The molecule has 1 N–H and O–H groups in total. The summed E-state index contributed by atoms with van der Waals surface area (Å²) in [6.07, 6.45) is 1.76. The average Bonchev–Trinajstić information content (AvgIpc) is 2.36. The second kappa shape index (κ2) is 6.69. The Kier molecular flexibility index (Phi) is 5.50. The van der Waals surface area contributed by atoms with Gasteiger partial charge in [-0.3, -0.25) is 9.10 Å². The lowest BCUT2D eigenvalue weighted by Gasteiger charge is -2.22. The number of anilines is 1. The molecule has 1 aromatic rings. The standard InChI is InChI=1S/C13H19FN2O3S/c1-4-10(2)15-13(17)9-16(20(3,18)19)12-7-5-11(14)6-8-12/h5-8,10H,4,9H2,1-3H3,(H,15,17). The molecule has 0 aliphatic heterocycles. The van der Waals surface area contributed by atoms with E-state index in [1.54, 1.807) is 0 Å². The predicted octanol–water partition coefficient (Wildman–Crippen LogP) is 1.51. The highest BCUT2D eigenvalue weighted by molar-refractivity contribution is 7.92. The van der Waals surface area contributed by atoms with Crippen molar-refractivity contribution in [2.75, 3.05) is 17.1 Å². The Morgan fingerprint density at radius 1 is 1.35 bits per heavy atom. The molecule has 0 heterocycles. The third-order valence-electron chi connectivity index (χ3n) is 2.82. The molecule has 0 aliphatic rings. The summed E-state index contributed by atoms with van der Waals surface area (Å²) >= 11 is 0. The lowest BCUT2D eigenvalue weighted by Crippen LogP contribution is -2.43. The SMILES string of the molecule is CCC(C)NC(=O)CN(c1ccc(F)cc1)S(C)(=O)=O. The van der Waals surface area contributed by atoms with Crippen LogP contribution in [0.5, 0.6) is 0 Å². The van der Waals surface area contributed by atoms with Gasteiger partial charge in [-0.1, -0.05) is 6.92 Å². The van der Waals surface area contributed by atoms with Crippen LogP contribution in [0, 0.1) is 5.82 Å². The van der Waals surface area contributed by atoms with Crippen molar-refractivity contribution in [3.63, 3.8) is 0 Å². The largest absolute Gasteiger partial charge is 0.352 e. The fourth-order valence-electron chi connectivity index (χ4n) is 1.56. The molecule has 7 heteroatoms. The van der Waals surface area contributed by atoms with Gasteiger partial charge in [-0.15, -0.1) is 0 Å². The smallest absolute Gasteiger partial charge is 0.240 e. The van der Waals surface area contributed by atoms with Gasteiger partial charge in [0.05, 0.1) is 11.9 Å². The van der Waals surface area contributed by atoms with Gasteiger partial charge in [0.15, 0.2) is 0 Å². The number of nitrogens with one attached hydrogen (secondary N) is 1. The average molecular weight is 302 g/mol. The molecule has 0 saturated carbocycles. The van der Waals surface area contributed by atoms with Gasteiger partial charge in [0.25, 0.3) is 0 Å². The van der Waals surface area contributed by atoms with Crippen molar-refractivity contribution in [3.8, 4) is 0 Å². The summed E-state index contributed by atoms with van der Waals surface area (Å²) in [6.45, 7) is 3.43.